The van der Waals surface area contributed by atoms with E-state index in [-0.39, 0.29) is 5.54 Å². The van der Waals surface area contributed by atoms with Crippen LogP contribution in [0.25, 0.3) is 0 Å². The molecule has 0 amide bonds. The lowest BCUT2D eigenvalue weighted by Crippen LogP contribution is -2.14. The van der Waals surface area contributed by atoms with Crippen LogP contribution in [0.2, 0.25) is 0 Å². The molecule has 0 heterocycles. The van der Waals surface area contributed by atoms with Gasteiger partial charge in [-0.1, -0.05) is 99.6 Å². The average molecular weight is 466 g/mol. The standard InChI is InChI=1S/C31H32NOP/c1-31(2,3)32-22-26-16-10-11-17-28(26)34-29-21-25(18-23-12-6-4-7-13-23)20-27(30(29)33)19-24-14-8-5-9-15-24/h4-17,20-22,33-34H,18-19H2,1-3H3. The number of aromatic hydroxyl groups is 1. The highest BCUT2D eigenvalue weighted by molar-refractivity contribution is 7.56. The molecular formula is C31H32NOP. The SMILES string of the molecule is CC(C)(C)N=Cc1ccccc1Pc1cc(Cc2ccccc2)cc(Cc2ccccc2)c1O. The fourth-order valence-corrected chi connectivity index (χ4v) is 5.17. The molecule has 2 nitrogen and oxygen atoms in total. The van der Waals surface area contributed by atoms with Crippen molar-refractivity contribution in [3.8, 4) is 5.75 Å². The molecule has 1 N–H and O–H groups in total. The molecule has 0 aliphatic rings. The van der Waals surface area contributed by atoms with Crippen molar-refractivity contribution in [3.63, 3.8) is 0 Å². The molecule has 0 bridgehead atoms. The predicted octanol–water partition coefficient (Wildman–Crippen LogP) is 6.42. The van der Waals surface area contributed by atoms with E-state index < -0.39 is 0 Å². The van der Waals surface area contributed by atoms with Crippen LogP contribution in [0.3, 0.4) is 0 Å². The Hall–Kier alpha value is -3.22. The van der Waals surface area contributed by atoms with E-state index in [0.717, 1.165) is 22.9 Å². The molecule has 0 fully saturated rings. The lowest BCUT2D eigenvalue weighted by atomic mass is 9.98. The van der Waals surface area contributed by atoms with Crippen LogP contribution in [-0.4, -0.2) is 16.9 Å². The van der Waals surface area contributed by atoms with Crippen LogP contribution >= 0.6 is 8.58 Å². The molecular weight excluding hydrogens is 433 g/mol. The molecule has 0 saturated carbocycles. The van der Waals surface area contributed by atoms with Gasteiger partial charge in [-0.25, -0.2) is 0 Å². The Bertz CT molecular complexity index is 1260. The van der Waals surface area contributed by atoms with Gasteiger partial charge in [0.2, 0.25) is 0 Å². The normalized spacial score (nSPS) is 12.1. The van der Waals surface area contributed by atoms with E-state index in [1.54, 1.807) is 0 Å². The number of aliphatic imine (C=N–C) groups is 1. The molecule has 0 saturated heterocycles. The van der Waals surface area contributed by atoms with Crippen LogP contribution in [0, 0.1) is 0 Å². The zero-order chi connectivity index (χ0) is 24.0. The topological polar surface area (TPSA) is 32.6 Å². The molecule has 0 aliphatic carbocycles. The molecule has 4 aromatic carbocycles. The van der Waals surface area contributed by atoms with E-state index >= 15 is 0 Å². The second-order valence-electron chi connectivity index (χ2n) is 9.62. The first-order valence-electron chi connectivity index (χ1n) is 11.7. The number of phenols is 1. The van der Waals surface area contributed by atoms with Crippen molar-refractivity contribution in [1.82, 2.24) is 0 Å². The molecule has 3 heteroatoms. The highest BCUT2D eigenvalue weighted by Crippen LogP contribution is 2.28. The molecule has 34 heavy (non-hydrogen) atoms. The fourth-order valence-electron chi connectivity index (χ4n) is 3.87. The van der Waals surface area contributed by atoms with Crippen molar-refractivity contribution in [2.75, 3.05) is 0 Å². The van der Waals surface area contributed by atoms with Gasteiger partial charge in [0.1, 0.15) is 5.75 Å². The summed E-state index contributed by atoms with van der Waals surface area (Å²) in [6.07, 6.45) is 3.52. The minimum absolute atomic E-state index is 0.128. The van der Waals surface area contributed by atoms with Crippen LogP contribution in [0.5, 0.6) is 5.75 Å². The summed E-state index contributed by atoms with van der Waals surface area (Å²) in [6, 6.07) is 33.6. The zero-order valence-corrected chi connectivity index (χ0v) is 21.1. The summed E-state index contributed by atoms with van der Waals surface area (Å²) in [5.74, 6) is 0.404. The second kappa shape index (κ2) is 10.8. The van der Waals surface area contributed by atoms with E-state index in [2.05, 4.69) is 87.5 Å². The van der Waals surface area contributed by atoms with Gasteiger partial charge >= 0.3 is 0 Å². The number of phenolic OH excluding ortho intramolecular Hbond substituents is 1. The van der Waals surface area contributed by atoms with Crippen LogP contribution in [-0.2, 0) is 12.8 Å². The van der Waals surface area contributed by atoms with Crippen molar-refractivity contribution < 1.29 is 5.11 Å². The first-order chi connectivity index (χ1) is 16.4. The van der Waals surface area contributed by atoms with Crippen LogP contribution in [0.4, 0.5) is 0 Å². The molecule has 0 spiro atoms. The van der Waals surface area contributed by atoms with Crippen molar-refractivity contribution in [2.24, 2.45) is 4.99 Å². The third-order valence-electron chi connectivity index (χ3n) is 5.56. The lowest BCUT2D eigenvalue weighted by molar-refractivity contribution is 0.474. The quantitative estimate of drug-likeness (QED) is 0.248. The van der Waals surface area contributed by atoms with E-state index in [0.29, 0.717) is 20.8 Å². The van der Waals surface area contributed by atoms with Gasteiger partial charge in [0, 0.05) is 23.5 Å². The highest BCUT2D eigenvalue weighted by atomic mass is 31.1. The minimum atomic E-state index is -0.128. The number of rotatable bonds is 7. The molecule has 0 radical (unpaired) electrons. The smallest absolute Gasteiger partial charge is 0.126 e. The van der Waals surface area contributed by atoms with Gasteiger partial charge in [-0.05, 0) is 60.8 Å². The summed E-state index contributed by atoms with van der Waals surface area (Å²) in [5, 5.41) is 13.5. The predicted molar refractivity (Wildman–Crippen MR) is 148 cm³/mol. The maximum atomic E-state index is 11.3. The Morgan fingerprint density at radius 3 is 1.94 bits per heavy atom. The van der Waals surface area contributed by atoms with Gasteiger partial charge in [-0.3, -0.25) is 4.99 Å². The van der Waals surface area contributed by atoms with Crippen LogP contribution < -0.4 is 10.6 Å². The Morgan fingerprint density at radius 1 is 0.706 bits per heavy atom. The van der Waals surface area contributed by atoms with Gasteiger partial charge in [-0.15, -0.1) is 0 Å². The molecule has 1 unspecified atom stereocenters. The summed E-state index contributed by atoms with van der Waals surface area (Å²) in [6.45, 7) is 6.30. The van der Waals surface area contributed by atoms with Crippen LogP contribution in [0.1, 0.15) is 48.6 Å². The van der Waals surface area contributed by atoms with Crippen LogP contribution in [0.15, 0.2) is 102 Å². The summed E-state index contributed by atoms with van der Waals surface area (Å²) in [7, 11) is 0.341. The van der Waals surface area contributed by atoms with Gasteiger partial charge in [0.25, 0.3) is 0 Å². The first kappa shape index (κ1) is 23.9. The minimum Gasteiger partial charge on any atom is -0.507 e. The Kier molecular flexibility index (Phi) is 7.60. The number of hydrogen-bond acceptors (Lipinski definition) is 2. The number of nitrogens with zero attached hydrogens (tertiary/aromatic N) is 1. The van der Waals surface area contributed by atoms with Gasteiger partial charge in [-0.2, -0.15) is 0 Å². The van der Waals surface area contributed by atoms with Crippen molar-refractivity contribution >= 4 is 25.4 Å². The van der Waals surface area contributed by atoms with E-state index in [1.165, 1.54) is 22.0 Å². The Balaban J connectivity index is 1.72. The van der Waals surface area contributed by atoms with Crippen molar-refractivity contribution in [1.29, 1.82) is 0 Å². The highest BCUT2D eigenvalue weighted by Gasteiger charge is 2.14. The summed E-state index contributed by atoms with van der Waals surface area (Å²) in [4.78, 5) is 4.72. The largest absolute Gasteiger partial charge is 0.507 e. The average Bonchev–Trinajstić information content (AvgIpc) is 2.82. The molecule has 0 aliphatic heterocycles. The van der Waals surface area contributed by atoms with Gasteiger partial charge in [0.15, 0.2) is 0 Å². The second-order valence-corrected chi connectivity index (χ2v) is 10.9. The lowest BCUT2D eigenvalue weighted by Gasteiger charge is -2.16. The molecule has 0 aromatic heterocycles. The summed E-state index contributed by atoms with van der Waals surface area (Å²) < 4.78 is 0. The third-order valence-corrected chi connectivity index (χ3v) is 6.93. The number of benzene rings is 4. The van der Waals surface area contributed by atoms with Gasteiger partial charge < -0.3 is 5.11 Å². The zero-order valence-electron chi connectivity index (χ0n) is 20.1. The molecule has 1 atom stereocenters. The van der Waals surface area contributed by atoms with E-state index in [9.17, 15) is 5.11 Å². The van der Waals surface area contributed by atoms with Crippen molar-refractivity contribution in [2.45, 2.75) is 39.2 Å². The number of hydrogen-bond donors (Lipinski definition) is 1. The molecule has 172 valence electrons. The summed E-state index contributed by atoms with van der Waals surface area (Å²) >= 11 is 0. The van der Waals surface area contributed by atoms with Gasteiger partial charge in [0.05, 0.1) is 5.54 Å². The Labute approximate surface area is 205 Å². The maximum Gasteiger partial charge on any atom is 0.126 e. The van der Waals surface area contributed by atoms with E-state index in [1.807, 2.05) is 36.5 Å². The monoisotopic (exact) mass is 465 g/mol. The summed E-state index contributed by atoms with van der Waals surface area (Å²) in [5.41, 5.74) is 5.64. The third kappa shape index (κ3) is 6.65. The first-order valence-corrected chi connectivity index (χ1v) is 12.7. The molecule has 4 aromatic rings. The maximum absolute atomic E-state index is 11.3. The van der Waals surface area contributed by atoms with E-state index in [4.69, 9.17) is 4.99 Å². The van der Waals surface area contributed by atoms with Crippen molar-refractivity contribution in [3.05, 3.63) is 125 Å². The molecule has 4 rings (SSSR count). The Morgan fingerprint density at radius 2 is 1.29 bits per heavy atom. The fraction of sp³-hybridized carbons (Fsp3) is 0.194.